The van der Waals surface area contributed by atoms with Crippen molar-refractivity contribution >= 4 is 23.4 Å². The topological polar surface area (TPSA) is 42.8 Å². The Morgan fingerprint density at radius 3 is 3.07 bits per heavy atom. The molecule has 1 N–H and O–H groups in total. The number of aryl methyl sites for hydroxylation is 1. The van der Waals surface area contributed by atoms with Crippen molar-refractivity contribution in [3.05, 3.63) is 22.6 Å². The Morgan fingerprint density at radius 1 is 1.53 bits per heavy atom. The lowest BCUT2D eigenvalue weighted by molar-refractivity contribution is 0.188. The molecule has 0 aliphatic carbocycles. The maximum atomic E-state index is 5.22. The molecular formula is C10H13N3OS. The van der Waals surface area contributed by atoms with E-state index in [0.29, 0.717) is 11.4 Å². The number of imidazole rings is 1. The van der Waals surface area contributed by atoms with Crippen LogP contribution in [-0.2, 0) is 11.3 Å². The summed E-state index contributed by atoms with van der Waals surface area (Å²) in [5.74, 6) is 0. The number of rotatable bonds is 3. The molecule has 80 valence electrons. The van der Waals surface area contributed by atoms with Gasteiger partial charge in [0, 0.05) is 12.8 Å². The molecule has 2 heterocycles. The van der Waals surface area contributed by atoms with Gasteiger partial charge in [0.1, 0.15) is 0 Å². The average Bonchev–Trinajstić information content (AvgIpc) is 2.51. The van der Waals surface area contributed by atoms with E-state index in [-0.39, 0.29) is 0 Å². The third kappa shape index (κ3) is 1.93. The second kappa shape index (κ2) is 4.12. The minimum Gasteiger partial charge on any atom is -0.383 e. The number of hydrogen-bond acceptors (Lipinski definition) is 3. The molecule has 0 saturated carbocycles. The molecule has 0 radical (unpaired) electrons. The summed E-state index contributed by atoms with van der Waals surface area (Å²) in [6.45, 7) is 3.33. The number of nitrogens with one attached hydrogen (secondary N) is 1. The SMILES string of the molecule is COCCn1c(=S)[nH]c2ccc(C)nc21. The summed E-state index contributed by atoms with van der Waals surface area (Å²) in [4.78, 5) is 7.58. The summed E-state index contributed by atoms with van der Waals surface area (Å²) in [7, 11) is 1.68. The molecule has 0 aliphatic heterocycles. The molecule has 0 aliphatic rings. The number of nitrogens with zero attached hydrogens (tertiary/aromatic N) is 2. The largest absolute Gasteiger partial charge is 0.383 e. The van der Waals surface area contributed by atoms with Crippen LogP contribution in [0.2, 0.25) is 0 Å². The summed E-state index contributed by atoms with van der Waals surface area (Å²) in [6, 6.07) is 3.96. The Kier molecular flexibility index (Phi) is 2.83. The molecule has 0 spiro atoms. The molecule has 2 rings (SSSR count). The third-order valence-corrected chi connectivity index (χ3v) is 2.60. The van der Waals surface area contributed by atoms with E-state index in [1.165, 1.54) is 0 Å². The third-order valence-electron chi connectivity index (χ3n) is 2.28. The van der Waals surface area contributed by atoms with Crippen LogP contribution in [-0.4, -0.2) is 28.3 Å². The predicted octanol–water partition coefficient (Wildman–Crippen LogP) is 2.05. The highest BCUT2D eigenvalue weighted by Crippen LogP contribution is 2.12. The van der Waals surface area contributed by atoms with E-state index in [1.54, 1.807) is 7.11 Å². The Morgan fingerprint density at radius 2 is 2.33 bits per heavy atom. The van der Waals surface area contributed by atoms with Crippen molar-refractivity contribution in [1.82, 2.24) is 14.5 Å². The second-order valence-electron chi connectivity index (χ2n) is 3.40. The standard InChI is InChI=1S/C10H13N3OS/c1-7-3-4-8-9(11-7)13(5-6-14-2)10(15)12-8/h3-4H,5-6H2,1-2H3,(H,12,15). The minimum absolute atomic E-state index is 0.636. The molecule has 15 heavy (non-hydrogen) atoms. The zero-order chi connectivity index (χ0) is 10.8. The Balaban J connectivity index is 2.55. The Labute approximate surface area is 92.9 Å². The fourth-order valence-corrected chi connectivity index (χ4v) is 1.80. The molecule has 0 saturated heterocycles. The van der Waals surface area contributed by atoms with E-state index >= 15 is 0 Å². The van der Waals surface area contributed by atoms with E-state index in [4.69, 9.17) is 17.0 Å². The van der Waals surface area contributed by atoms with Gasteiger partial charge >= 0.3 is 0 Å². The molecule has 2 aromatic rings. The van der Waals surface area contributed by atoms with Crippen LogP contribution in [0.3, 0.4) is 0 Å². The Bertz CT molecular complexity index is 529. The van der Waals surface area contributed by atoms with Crippen molar-refractivity contribution in [3.63, 3.8) is 0 Å². The molecule has 0 unspecified atom stereocenters. The number of aromatic amines is 1. The second-order valence-corrected chi connectivity index (χ2v) is 3.79. The molecule has 2 aromatic heterocycles. The van der Waals surface area contributed by atoms with Crippen LogP contribution in [0, 0.1) is 11.7 Å². The maximum Gasteiger partial charge on any atom is 0.179 e. The lowest BCUT2D eigenvalue weighted by atomic mass is 10.3. The Hall–Kier alpha value is -1.20. The van der Waals surface area contributed by atoms with E-state index in [2.05, 4.69) is 9.97 Å². The van der Waals surface area contributed by atoms with Crippen LogP contribution in [0.1, 0.15) is 5.69 Å². The van der Waals surface area contributed by atoms with Gasteiger partial charge in [-0.2, -0.15) is 0 Å². The van der Waals surface area contributed by atoms with Gasteiger partial charge in [-0.05, 0) is 31.3 Å². The van der Waals surface area contributed by atoms with Crippen LogP contribution < -0.4 is 0 Å². The van der Waals surface area contributed by atoms with E-state index in [0.717, 1.165) is 23.4 Å². The normalized spacial score (nSPS) is 11.1. The molecule has 4 nitrogen and oxygen atoms in total. The smallest absolute Gasteiger partial charge is 0.179 e. The first kappa shape index (κ1) is 10.3. The molecular weight excluding hydrogens is 210 g/mol. The van der Waals surface area contributed by atoms with Crippen molar-refractivity contribution in [1.29, 1.82) is 0 Å². The van der Waals surface area contributed by atoms with Gasteiger partial charge in [-0.15, -0.1) is 0 Å². The quantitative estimate of drug-likeness (QED) is 0.810. The van der Waals surface area contributed by atoms with Crippen molar-refractivity contribution in [3.8, 4) is 0 Å². The first-order valence-corrected chi connectivity index (χ1v) is 5.18. The van der Waals surface area contributed by atoms with Gasteiger partial charge in [0.25, 0.3) is 0 Å². The molecule has 0 aromatic carbocycles. The number of hydrogen-bond donors (Lipinski definition) is 1. The van der Waals surface area contributed by atoms with Gasteiger partial charge in [0.15, 0.2) is 10.4 Å². The monoisotopic (exact) mass is 223 g/mol. The van der Waals surface area contributed by atoms with Crippen LogP contribution in [0.4, 0.5) is 0 Å². The number of ether oxygens (including phenoxy) is 1. The molecule has 0 fully saturated rings. The highest BCUT2D eigenvalue weighted by atomic mass is 32.1. The molecule has 0 bridgehead atoms. The van der Waals surface area contributed by atoms with E-state index in [9.17, 15) is 0 Å². The number of fused-ring (bicyclic) bond motifs is 1. The van der Waals surface area contributed by atoms with Crippen molar-refractivity contribution in [2.45, 2.75) is 13.5 Å². The van der Waals surface area contributed by atoms with E-state index < -0.39 is 0 Å². The summed E-state index contributed by atoms with van der Waals surface area (Å²) < 4.78 is 7.69. The zero-order valence-corrected chi connectivity index (χ0v) is 9.60. The first-order chi connectivity index (χ1) is 7.22. The van der Waals surface area contributed by atoms with Gasteiger partial charge in [0.05, 0.1) is 18.7 Å². The lowest BCUT2D eigenvalue weighted by Gasteiger charge is -2.02. The average molecular weight is 223 g/mol. The van der Waals surface area contributed by atoms with Crippen molar-refractivity contribution < 1.29 is 4.74 Å². The van der Waals surface area contributed by atoms with Gasteiger partial charge < -0.3 is 9.72 Å². The van der Waals surface area contributed by atoms with Gasteiger partial charge in [-0.3, -0.25) is 4.57 Å². The predicted molar refractivity (Wildman–Crippen MR) is 61.5 cm³/mol. The number of pyridine rings is 1. The number of aromatic nitrogens is 3. The van der Waals surface area contributed by atoms with Crippen molar-refractivity contribution in [2.24, 2.45) is 0 Å². The lowest BCUT2D eigenvalue weighted by Crippen LogP contribution is -2.05. The maximum absolute atomic E-state index is 5.22. The van der Waals surface area contributed by atoms with E-state index in [1.807, 2.05) is 23.6 Å². The zero-order valence-electron chi connectivity index (χ0n) is 8.78. The molecule has 5 heteroatoms. The van der Waals surface area contributed by atoms with Crippen LogP contribution in [0.15, 0.2) is 12.1 Å². The van der Waals surface area contributed by atoms with Crippen LogP contribution in [0.5, 0.6) is 0 Å². The number of H-pyrrole nitrogens is 1. The summed E-state index contributed by atoms with van der Waals surface area (Å²) in [5.41, 5.74) is 2.86. The first-order valence-electron chi connectivity index (χ1n) is 4.77. The van der Waals surface area contributed by atoms with Crippen LogP contribution in [0.25, 0.3) is 11.2 Å². The van der Waals surface area contributed by atoms with Crippen LogP contribution >= 0.6 is 12.2 Å². The van der Waals surface area contributed by atoms with Gasteiger partial charge in [-0.25, -0.2) is 4.98 Å². The highest BCUT2D eigenvalue weighted by Gasteiger charge is 2.04. The molecule has 0 atom stereocenters. The highest BCUT2D eigenvalue weighted by molar-refractivity contribution is 7.71. The minimum atomic E-state index is 0.636. The molecule has 0 amide bonds. The summed E-state index contributed by atoms with van der Waals surface area (Å²) in [6.07, 6.45) is 0. The fourth-order valence-electron chi connectivity index (χ4n) is 1.52. The summed E-state index contributed by atoms with van der Waals surface area (Å²) >= 11 is 5.22. The fraction of sp³-hybridized carbons (Fsp3) is 0.400. The van der Waals surface area contributed by atoms with Crippen molar-refractivity contribution in [2.75, 3.05) is 13.7 Å². The van der Waals surface area contributed by atoms with Gasteiger partial charge in [-0.1, -0.05) is 0 Å². The summed E-state index contributed by atoms with van der Waals surface area (Å²) in [5, 5.41) is 0. The van der Waals surface area contributed by atoms with Gasteiger partial charge in [0.2, 0.25) is 0 Å². The number of methoxy groups -OCH3 is 1.